The van der Waals surface area contributed by atoms with Crippen LogP contribution in [0.1, 0.15) is 35.7 Å². The summed E-state index contributed by atoms with van der Waals surface area (Å²) in [5.41, 5.74) is 5.74. The highest BCUT2D eigenvalue weighted by Crippen LogP contribution is 2.25. The molecule has 0 unspecified atom stereocenters. The molecule has 5 heteroatoms. The summed E-state index contributed by atoms with van der Waals surface area (Å²) in [7, 11) is 0. The number of nitrogens with zero attached hydrogens (tertiary/aromatic N) is 4. The Morgan fingerprint density at radius 1 is 1.09 bits per heavy atom. The van der Waals surface area contributed by atoms with Gasteiger partial charge in [-0.1, -0.05) is 19.4 Å². The number of anilines is 2. The largest absolute Gasteiger partial charge is 0.340 e. The third-order valence-electron chi connectivity index (χ3n) is 3.72. The zero-order valence-electron chi connectivity index (χ0n) is 13.5. The first-order valence-electron chi connectivity index (χ1n) is 7.63. The lowest BCUT2D eigenvalue weighted by Crippen LogP contribution is -2.09. The smallest absolute Gasteiger partial charge is 0.254 e. The number of benzene rings is 1. The molecule has 0 aliphatic heterocycles. The van der Waals surface area contributed by atoms with Gasteiger partial charge >= 0.3 is 0 Å². The van der Waals surface area contributed by atoms with Crippen molar-refractivity contribution in [1.82, 2.24) is 19.6 Å². The normalized spacial score (nSPS) is 11.1. The molecule has 0 aliphatic rings. The Hall–Kier alpha value is -2.43. The van der Waals surface area contributed by atoms with E-state index in [0.29, 0.717) is 5.78 Å². The fourth-order valence-electron chi connectivity index (χ4n) is 2.85. The number of hydrogen-bond acceptors (Lipinski definition) is 4. The molecule has 0 amide bonds. The Morgan fingerprint density at radius 3 is 2.50 bits per heavy atom. The molecule has 0 fully saturated rings. The van der Waals surface area contributed by atoms with Gasteiger partial charge in [-0.15, -0.1) is 0 Å². The summed E-state index contributed by atoms with van der Waals surface area (Å²) in [5.74, 6) is 1.59. The van der Waals surface area contributed by atoms with E-state index in [4.69, 9.17) is 0 Å². The predicted molar refractivity (Wildman–Crippen MR) is 88.7 cm³/mol. The van der Waals surface area contributed by atoms with E-state index in [9.17, 15) is 0 Å². The Labute approximate surface area is 130 Å². The van der Waals surface area contributed by atoms with Crippen LogP contribution < -0.4 is 5.32 Å². The van der Waals surface area contributed by atoms with Gasteiger partial charge in [0, 0.05) is 16.9 Å². The van der Waals surface area contributed by atoms with Crippen LogP contribution in [0.4, 0.5) is 11.5 Å². The molecule has 2 heterocycles. The Bertz CT molecular complexity index is 799. The highest BCUT2D eigenvalue weighted by molar-refractivity contribution is 5.64. The number of nitrogens with one attached hydrogen (secondary N) is 1. The van der Waals surface area contributed by atoms with Gasteiger partial charge < -0.3 is 5.32 Å². The minimum atomic E-state index is 0.629. The maximum Gasteiger partial charge on any atom is 0.254 e. The third-order valence-corrected chi connectivity index (χ3v) is 3.72. The van der Waals surface area contributed by atoms with Gasteiger partial charge in [-0.05, 0) is 50.5 Å². The summed E-state index contributed by atoms with van der Waals surface area (Å²) >= 11 is 0. The van der Waals surface area contributed by atoms with E-state index in [0.717, 1.165) is 30.0 Å². The molecule has 0 atom stereocenters. The van der Waals surface area contributed by atoms with E-state index in [1.54, 1.807) is 10.8 Å². The minimum absolute atomic E-state index is 0.629. The van der Waals surface area contributed by atoms with Crippen molar-refractivity contribution in [1.29, 1.82) is 0 Å². The van der Waals surface area contributed by atoms with Crippen molar-refractivity contribution in [3.8, 4) is 0 Å². The van der Waals surface area contributed by atoms with Crippen LogP contribution in [0.5, 0.6) is 0 Å². The van der Waals surface area contributed by atoms with Crippen molar-refractivity contribution >= 4 is 17.3 Å². The maximum atomic E-state index is 4.54. The summed E-state index contributed by atoms with van der Waals surface area (Å²) in [4.78, 5) is 8.76. The van der Waals surface area contributed by atoms with E-state index in [1.807, 2.05) is 6.92 Å². The molecule has 3 rings (SSSR count). The van der Waals surface area contributed by atoms with Gasteiger partial charge in [0.2, 0.25) is 0 Å². The highest BCUT2D eigenvalue weighted by Gasteiger charge is 2.14. The van der Waals surface area contributed by atoms with Crippen LogP contribution in [0.2, 0.25) is 0 Å². The van der Waals surface area contributed by atoms with Crippen LogP contribution in [0.15, 0.2) is 24.5 Å². The number of aromatic nitrogens is 4. The van der Waals surface area contributed by atoms with E-state index < -0.39 is 0 Å². The average molecular weight is 295 g/mol. The second kappa shape index (κ2) is 5.75. The molecule has 0 bridgehead atoms. The van der Waals surface area contributed by atoms with Gasteiger partial charge in [-0.3, -0.25) is 0 Å². The number of fused-ring (bicyclic) bond motifs is 1. The van der Waals surface area contributed by atoms with Gasteiger partial charge in [-0.2, -0.15) is 14.6 Å². The van der Waals surface area contributed by atoms with Crippen molar-refractivity contribution in [3.63, 3.8) is 0 Å². The first-order valence-corrected chi connectivity index (χ1v) is 7.63. The van der Waals surface area contributed by atoms with Gasteiger partial charge in [0.15, 0.2) is 0 Å². The molecule has 3 aromatic rings. The molecule has 0 aliphatic carbocycles. The van der Waals surface area contributed by atoms with Crippen molar-refractivity contribution in [3.05, 3.63) is 46.9 Å². The van der Waals surface area contributed by atoms with Gasteiger partial charge in [0.25, 0.3) is 5.78 Å². The molecule has 114 valence electrons. The zero-order valence-corrected chi connectivity index (χ0v) is 13.5. The SMILES string of the molecule is CCCc1c(C)nc2ncnn2c1Nc1cc(C)cc(C)c1. The Morgan fingerprint density at radius 2 is 1.82 bits per heavy atom. The van der Waals surface area contributed by atoms with Crippen molar-refractivity contribution in [2.45, 2.75) is 40.5 Å². The van der Waals surface area contributed by atoms with Crippen molar-refractivity contribution < 1.29 is 0 Å². The fraction of sp³-hybridized carbons (Fsp3) is 0.353. The second-order valence-corrected chi connectivity index (χ2v) is 5.75. The standard InChI is InChI=1S/C17H21N5/c1-5-6-15-13(4)20-17-18-10-19-22(17)16(15)21-14-8-11(2)7-12(3)9-14/h7-10,21H,5-6H2,1-4H3. The van der Waals surface area contributed by atoms with Crippen molar-refractivity contribution in [2.24, 2.45) is 0 Å². The average Bonchev–Trinajstić information content (AvgIpc) is 2.89. The monoisotopic (exact) mass is 295 g/mol. The fourth-order valence-corrected chi connectivity index (χ4v) is 2.85. The van der Waals surface area contributed by atoms with Crippen molar-refractivity contribution in [2.75, 3.05) is 5.32 Å². The van der Waals surface area contributed by atoms with Crippen LogP contribution in [0.3, 0.4) is 0 Å². The lowest BCUT2D eigenvalue weighted by molar-refractivity contribution is 0.856. The first-order chi connectivity index (χ1) is 10.6. The third kappa shape index (κ3) is 2.66. The minimum Gasteiger partial charge on any atom is -0.340 e. The molecule has 0 saturated carbocycles. The molecule has 1 N–H and O–H groups in total. The van der Waals surface area contributed by atoms with Crippen LogP contribution >= 0.6 is 0 Å². The molecule has 22 heavy (non-hydrogen) atoms. The lowest BCUT2D eigenvalue weighted by Gasteiger charge is -2.15. The highest BCUT2D eigenvalue weighted by atomic mass is 15.4. The number of hydrogen-bond donors (Lipinski definition) is 1. The molecule has 0 radical (unpaired) electrons. The molecular formula is C17H21N5. The van der Waals surface area contributed by atoms with E-state index >= 15 is 0 Å². The zero-order chi connectivity index (χ0) is 15.7. The van der Waals surface area contributed by atoms with E-state index in [1.165, 1.54) is 16.7 Å². The van der Waals surface area contributed by atoms with E-state index in [2.05, 4.69) is 59.4 Å². The molecule has 0 saturated heterocycles. The summed E-state index contributed by atoms with van der Waals surface area (Å²) in [6, 6.07) is 6.45. The summed E-state index contributed by atoms with van der Waals surface area (Å²) in [5, 5.41) is 7.85. The van der Waals surface area contributed by atoms with E-state index in [-0.39, 0.29) is 0 Å². The van der Waals surface area contributed by atoms with Crippen LogP contribution in [-0.4, -0.2) is 19.6 Å². The summed E-state index contributed by atoms with van der Waals surface area (Å²) in [6.07, 6.45) is 3.57. The van der Waals surface area contributed by atoms with Crippen LogP contribution in [0.25, 0.3) is 5.78 Å². The summed E-state index contributed by atoms with van der Waals surface area (Å²) in [6.45, 7) is 8.42. The molecule has 5 nitrogen and oxygen atoms in total. The molecule has 0 spiro atoms. The predicted octanol–water partition coefficient (Wildman–Crippen LogP) is 3.75. The van der Waals surface area contributed by atoms with Crippen LogP contribution in [-0.2, 0) is 6.42 Å². The Balaban J connectivity index is 2.15. The van der Waals surface area contributed by atoms with Gasteiger partial charge in [0.1, 0.15) is 12.1 Å². The first kappa shape index (κ1) is 14.5. The molecule has 2 aromatic heterocycles. The number of aryl methyl sites for hydroxylation is 3. The quantitative estimate of drug-likeness (QED) is 0.796. The second-order valence-electron chi connectivity index (χ2n) is 5.75. The Kier molecular flexibility index (Phi) is 3.79. The molecule has 1 aromatic carbocycles. The summed E-state index contributed by atoms with van der Waals surface area (Å²) < 4.78 is 1.79. The molecular weight excluding hydrogens is 274 g/mol. The van der Waals surface area contributed by atoms with Gasteiger partial charge in [0.05, 0.1) is 0 Å². The number of rotatable bonds is 4. The lowest BCUT2D eigenvalue weighted by atomic mass is 10.1. The maximum absolute atomic E-state index is 4.54. The van der Waals surface area contributed by atoms with Gasteiger partial charge in [-0.25, -0.2) is 4.98 Å². The topological polar surface area (TPSA) is 55.1 Å². The van der Waals surface area contributed by atoms with Crippen LogP contribution in [0, 0.1) is 20.8 Å².